The number of carboxylic acid groups (broad SMARTS) is 1. The van der Waals surface area contributed by atoms with Crippen LogP contribution in [0, 0.1) is 0 Å². The van der Waals surface area contributed by atoms with Gasteiger partial charge in [0.1, 0.15) is 10.6 Å². The number of nitrogens with one attached hydrogen (secondary N) is 1. The molecule has 196 valence electrons. The maximum Gasteiger partial charge on any atom is 0.335 e. The van der Waals surface area contributed by atoms with Crippen LogP contribution in [0.4, 0.5) is 5.69 Å². The van der Waals surface area contributed by atoms with Crippen molar-refractivity contribution in [2.24, 2.45) is 0 Å². The van der Waals surface area contributed by atoms with Crippen LogP contribution in [0.3, 0.4) is 0 Å². The highest BCUT2D eigenvalue weighted by Crippen LogP contribution is 2.41. The summed E-state index contributed by atoms with van der Waals surface area (Å²) in [6.45, 7) is 9.55. The van der Waals surface area contributed by atoms with Crippen molar-refractivity contribution in [1.29, 1.82) is 0 Å². The van der Waals surface area contributed by atoms with Crippen LogP contribution in [0.2, 0.25) is 0 Å². The highest BCUT2D eigenvalue weighted by Gasteiger charge is 2.31. The molecule has 2 N–H and O–H groups in total. The van der Waals surface area contributed by atoms with E-state index in [1.165, 1.54) is 10.4 Å². The number of hydrogen-bond donors (Lipinski definition) is 2. The molecule has 1 heterocycles. The molecular weight excluding hydrogens is 478 g/mol. The number of carboxylic acids is 1. The molecule has 0 saturated heterocycles. The molecule has 0 unspecified atom stereocenters. The van der Waals surface area contributed by atoms with Crippen molar-refractivity contribution in [2.45, 2.75) is 58.3 Å². The Balaban J connectivity index is 2.29. The van der Waals surface area contributed by atoms with Crippen molar-refractivity contribution in [1.82, 2.24) is 9.29 Å². The molecule has 0 radical (unpaired) electrons. The Morgan fingerprint density at radius 2 is 1.64 bits per heavy atom. The van der Waals surface area contributed by atoms with Crippen molar-refractivity contribution in [3.63, 3.8) is 0 Å². The number of hydrogen-bond acceptors (Lipinski definition) is 5. The maximum atomic E-state index is 13.8. The standard InChI is InChI=1S/C27H37N3O5S/c1-5-9-15-29(16-10-6-2)24-18-21(27(31)32)19-25(36(33,34)30(7-3)8-4)26(24)35-22-11-12-23-20(17-22)13-14-28-23/h11-14,17-19,28H,5-10,15-16H2,1-4H3,(H,31,32). The average molecular weight is 516 g/mol. The second-order valence-electron chi connectivity index (χ2n) is 8.74. The summed E-state index contributed by atoms with van der Waals surface area (Å²) in [5.74, 6) is -0.541. The van der Waals surface area contributed by atoms with E-state index in [0.717, 1.165) is 36.6 Å². The molecule has 2 aromatic carbocycles. The monoisotopic (exact) mass is 515 g/mol. The summed E-state index contributed by atoms with van der Waals surface area (Å²) in [7, 11) is -4.02. The second kappa shape index (κ2) is 12.3. The SMILES string of the molecule is CCCCN(CCCC)c1cc(C(=O)O)cc(S(=O)(=O)N(CC)CC)c1Oc1ccc2[nH]ccc2c1. The molecule has 0 atom stereocenters. The van der Waals surface area contributed by atoms with Gasteiger partial charge in [-0.1, -0.05) is 40.5 Å². The molecule has 0 amide bonds. The lowest BCUT2D eigenvalue weighted by Gasteiger charge is -2.29. The molecule has 0 fully saturated rings. The number of sulfonamides is 1. The third-order valence-electron chi connectivity index (χ3n) is 6.25. The highest BCUT2D eigenvalue weighted by atomic mass is 32.2. The number of benzene rings is 2. The van der Waals surface area contributed by atoms with Gasteiger partial charge in [-0.15, -0.1) is 0 Å². The molecule has 0 bridgehead atoms. The van der Waals surface area contributed by atoms with E-state index in [1.807, 2.05) is 24.4 Å². The molecule has 0 aliphatic carbocycles. The summed E-state index contributed by atoms with van der Waals surface area (Å²) in [4.78, 5) is 17.2. The number of aromatic carboxylic acids is 1. The van der Waals surface area contributed by atoms with Crippen molar-refractivity contribution < 1.29 is 23.1 Å². The predicted octanol–water partition coefficient (Wildman–Crippen LogP) is 6.10. The smallest absolute Gasteiger partial charge is 0.335 e. The fourth-order valence-corrected chi connectivity index (χ4v) is 5.82. The Kier molecular flexibility index (Phi) is 9.39. The van der Waals surface area contributed by atoms with Gasteiger partial charge in [0.25, 0.3) is 0 Å². The maximum absolute atomic E-state index is 13.8. The molecule has 1 aromatic heterocycles. The lowest BCUT2D eigenvalue weighted by atomic mass is 10.1. The van der Waals surface area contributed by atoms with Gasteiger partial charge in [0, 0.05) is 43.3 Å². The normalized spacial score (nSPS) is 11.8. The first-order chi connectivity index (χ1) is 17.3. The van der Waals surface area contributed by atoms with Gasteiger partial charge in [-0.05, 0) is 49.2 Å². The predicted molar refractivity (Wildman–Crippen MR) is 144 cm³/mol. The van der Waals surface area contributed by atoms with Crippen molar-refractivity contribution >= 4 is 32.6 Å². The number of ether oxygens (including phenoxy) is 1. The molecule has 0 aliphatic rings. The zero-order valence-corrected chi connectivity index (χ0v) is 22.4. The van der Waals surface area contributed by atoms with E-state index in [1.54, 1.807) is 26.0 Å². The molecular formula is C27H37N3O5S. The van der Waals surface area contributed by atoms with Crippen LogP contribution in [0.25, 0.3) is 10.9 Å². The van der Waals surface area contributed by atoms with Crippen LogP contribution in [-0.2, 0) is 10.0 Å². The summed E-state index contributed by atoms with van der Waals surface area (Å²) in [5, 5.41) is 10.8. The number of carbonyl (C=O) groups is 1. The van der Waals surface area contributed by atoms with Crippen LogP contribution in [0.1, 0.15) is 63.7 Å². The molecule has 8 nitrogen and oxygen atoms in total. The van der Waals surface area contributed by atoms with Crippen LogP contribution >= 0.6 is 0 Å². The van der Waals surface area contributed by atoms with E-state index in [4.69, 9.17) is 4.74 Å². The van der Waals surface area contributed by atoms with E-state index < -0.39 is 16.0 Å². The van der Waals surface area contributed by atoms with Crippen LogP contribution in [-0.4, -0.2) is 55.0 Å². The van der Waals surface area contributed by atoms with E-state index in [-0.39, 0.29) is 29.3 Å². The Hall–Kier alpha value is -3.04. The van der Waals surface area contributed by atoms with Gasteiger partial charge in [-0.2, -0.15) is 4.31 Å². The number of rotatable bonds is 14. The molecule has 0 saturated carbocycles. The Bertz CT molecular complexity index is 1270. The minimum absolute atomic E-state index is 0.0813. The van der Waals surface area contributed by atoms with Crippen LogP contribution < -0.4 is 9.64 Å². The van der Waals surface area contributed by atoms with Gasteiger partial charge < -0.3 is 19.7 Å². The summed E-state index contributed by atoms with van der Waals surface area (Å²) < 4.78 is 35.3. The fourth-order valence-electron chi connectivity index (χ4n) is 4.21. The van der Waals surface area contributed by atoms with Crippen LogP contribution in [0.5, 0.6) is 11.5 Å². The molecule has 3 aromatic rings. The van der Waals surface area contributed by atoms with Gasteiger partial charge >= 0.3 is 5.97 Å². The Morgan fingerprint density at radius 1 is 0.972 bits per heavy atom. The van der Waals surface area contributed by atoms with E-state index >= 15 is 0 Å². The zero-order chi connectivity index (χ0) is 26.3. The van der Waals surface area contributed by atoms with Gasteiger partial charge in [-0.25, -0.2) is 13.2 Å². The van der Waals surface area contributed by atoms with Crippen molar-refractivity contribution in [3.05, 3.63) is 48.2 Å². The van der Waals surface area contributed by atoms with E-state index in [0.29, 0.717) is 24.5 Å². The van der Waals surface area contributed by atoms with E-state index in [2.05, 4.69) is 23.7 Å². The second-order valence-corrected chi connectivity index (χ2v) is 10.6. The summed E-state index contributed by atoms with van der Waals surface area (Å²) >= 11 is 0. The van der Waals surface area contributed by atoms with Gasteiger partial charge in [0.15, 0.2) is 5.75 Å². The molecule has 0 aliphatic heterocycles. The first-order valence-corrected chi connectivity index (χ1v) is 14.1. The Labute approximate surface area is 213 Å². The molecule has 3 rings (SSSR count). The first kappa shape index (κ1) is 27.5. The highest BCUT2D eigenvalue weighted by molar-refractivity contribution is 7.89. The van der Waals surface area contributed by atoms with Gasteiger partial charge in [-0.3, -0.25) is 0 Å². The minimum Gasteiger partial charge on any atom is -0.478 e. The van der Waals surface area contributed by atoms with E-state index in [9.17, 15) is 18.3 Å². The fraction of sp³-hybridized carbons (Fsp3) is 0.444. The quantitative estimate of drug-likeness (QED) is 0.269. The molecule has 9 heteroatoms. The number of unbranched alkanes of at least 4 members (excludes halogenated alkanes) is 2. The zero-order valence-electron chi connectivity index (χ0n) is 21.6. The molecule has 36 heavy (non-hydrogen) atoms. The summed E-state index contributed by atoms with van der Waals surface area (Å²) in [6, 6.07) is 10.2. The molecule has 0 spiro atoms. The summed E-state index contributed by atoms with van der Waals surface area (Å²) in [5.41, 5.74) is 1.34. The lowest BCUT2D eigenvalue weighted by Crippen LogP contribution is -2.32. The van der Waals surface area contributed by atoms with Crippen molar-refractivity contribution in [2.75, 3.05) is 31.1 Å². The number of aromatic amines is 1. The summed E-state index contributed by atoms with van der Waals surface area (Å²) in [6.07, 6.45) is 5.50. The number of fused-ring (bicyclic) bond motifs is 1. The Morgan fingerprint density at radius 3 is 2.22 bits per heavy atom. The number of nitrogens with zero attached hydrogens (tertiary/aromatic N) is 2. The van der Waals surface area contributed by atoms with Gasteiger partial charge in [0.2, 0.25) is 10.0 Å². The lowest BCUT2D eigenvalue weighted by molar-refractivity contribution is 0.0696. The first-order valence-electron chi connectivity index (χ1n) is 12.7. The largest absolute Gasteiger partial charge is 0.478 e. The average Bonchev–Trinajstić information content (AvgIpc) is 3.32. The third kappa shape index (κ3) is 6.02. The van der Waals surface area contributed by atoms with Gasteiger partial charge in [0.05, 0.1) is 11.3 Å². The number of H-pyrrole nitrogens is 1. The number of anilines is 1. The topological polar surface area (TPSA) is 103 Å². The number of aromatic nitrogens is 1. The minimum atomic E-state index is -4.02. The van der Waals surface area contributed by atoms with Crippen LogP contribution in [0.15, 0.2) is 47.5 Å². The third-order valence-corrected chi connectivity index (χ3v) is 8.31. The van der Waals surface area contributed by atoms with Crippen molar-refractivity contribution in [3.8, 4) is 11.5 Å².